The fourth-order valence-corrected chi connectivity index (χ4v) is 1.16. The van der Waals surface area contributed by atoms with Gasteiger partial charge in [-0.05, 0) is 13.8 Å². The second-order valence-corrected chi connectivity index (χ2v) is 3.29. The van der Waals surface area contributed by atoms with Crippen molar-refractivity contribution in [1.29, 1.82) is 0 Å². The summed E-state index contributed by atoms with van der Waals surface area (Å²) in [5.74, 6) is 1.06. The zero-order valence-electron chi connectivity index (χ0n) is 6.39. The molecule has 3 heteroatoms. The van der Waals surface area contributed by atoms with E-state index in [1.54, 1.807) is 0 Å². The second kappa shape index (κ2) is 5.35. The highest BCUT2D eigenvalue weighted by molar-refractivity contribution is 8.00. The normalized spacial score (nSPS) is 9.00. The van der Waals surface area contributed by atoms with Crippen molar-refractivity contribution >= 4 is 17.7 Å². The van der Waals surface area contributed by atoms with Gasteiger partial charge in [0.2, 0.25) is 5.91 Å². The SMILES string of the molecule is CC(C)=CCSCC(N)=O. The van der Waals surface area contributed by atoms with E-state index in [0.29, 0.717) is 5.75 Å². The monoisotopic (exact) mass is 159 g/mol. The predicted octanol–water partition coefficient (Wildman–Crippen LogP) is 1.17. The number of carbonyl (C=O) groups is 1. The Balaban J connectivity index is 3.21. The van der Waals surface area contributed by atoms with Crippen LogP contribution in [-0.2, 0) is 4.79 Å². The molecule has 0 aliphatic heterocycles. The molecule has 0 fully saturated rings. The van der Waals surface area contributed by atoms with Crippen molar-refractivity contribution in [3.8, 4) is 0 Å². The highest BCUT2D eigenvalue weighted by Gasteiger charge is 1.90. The zero-order valence-corrected chi connectivity index (χ0v) is 7.20. The molecule has 0 bridgehead atoms. The zero-order chi connectivity index (χ0) is 7.98. The summed E-state index contributed by atoms with van der Waals surface area (Å²) in [5.41, 5.74) is 6.20. The van der Waals surface area contributed by atoms with Crippen molar-refractivity contribution in [2.24, 2.45) is 5.73 Å². The van der Waals surface area contributed by atoms with Gasteiger partial charge in [-0.1, -0.05) is 11.6 Å². The lowest BCUT2D eigenvalue weighted by Crippen LogP contribution is -2.13. The molecule has 58 valence electrons. The Bertz CT molecular complexity index is 139. The summed E-state index contributed by atoms with van der Waals surface area (Å²) in [6, 6.07) is 0. The van der Waals surface area contributed by atoms with E-state index in [-0.39, 0.29) is 5.91 Å². The highest BCUT2D eigenvalue weighted by atomic mass is 32.2. The minimum absolute atomic E-state index is 0.243. The van der Waals surface area contributed by atoms with Crippen molar-refractivity contribution < 1.29 is 4.79 Å². The van der Waals surface area contributed by atoms with Crippen molar-refractivity contribution in [2.45, 2.75) is 13.8 Å². The highest BCUT2D eigenvalue weighted by Crippen LogP contribution is 2.00. The lowest BCUT2D eigenvalue weighted by Gasteiger charge is -1.92. The molecule has 0 rings (SSSR count). The van der Waals surface area contributed by atoms with Crippen molar-refractivity contribution in [1.82, 2.24) is 0 Å². The van der Waals surface area contributed by atoms with Gasteiger partial charge in [0.25, 0.3) is 0 Å². The lowest BCUT2D eigenvalue weighted by molar-refractivity contribution is -0.115. The van der Waals surface area contributed by atoms with Crippen LogP contribution >= 0.6 is 11.8 Å². The van der Waals surface area contributed by atoms with Gasteiger partial charge in [0.05, 0.1) is 5.75 Å². The maximum atomic E-state index is 10.2. The molecule has 1 amide bonds. The van der Waals surface area contributed by atoms with E-state index in [1.807, 2.05) is 13.8 Å². The van der Waals surface area contributed by atoms with E-state index in [2.05, 4.69) is 6.08 Å². The average Bonchev–Trinajstić information content (AvgIpc) is 1.79. The van der Waals surface area contributed by atoms with E-state index < -0.39 is 0 Å². The van der Waals surface area contributed by atoms with Gasteiger partial charge < -0.3 is 5.73 Å². The summed E-state index contributed by atoms with van der Waals surface area (Å²) >= 11 is 1.54. The number of hydrogen-bond donors (Lipinski definition) is 1. The third-order valence-corrected chi connectivity index (χ3v) is 1.74. The van der Waals surface area contributed by atoms with Crippen molar-refractivity contribution in [2.75, 3.05) is 11.5 Å². The van der Waals surface area contributed by atoms with Gasteiger partial charge in [-0.3, -0.25) is 4.79 Å². The summed E-state index contributed by atoms with van der Waals surface area (Å²) in [5, 5.41) is 0. The summed E-state index contributed by atoms with van der Waals surface area (Å²) < 4.78 is 0. The smallest absolute Gasteiger partial charge is 0.227 e. The molecule has 0 aromatic rings. The first kappa shape index (κ1) is 9.56. The minimum atomic E-state index is -0.243. The van der Waals surface area contributed by atoms with Gasteiger partial charge in [0.1, 0.15) is 0 Å². The van der Waals surface area contributed by atoms with Crippen LogP contribution in [-0.4, -0.2) is 17.4 Å². The van der Waals surface area contributed by atoms with E-state index >= 15 is 0 Å². The molecule has 0 saturated carbocycles. The Labute approximate surface area is 65.9 Å². The predicted molar refractivity (Wildman–Crippen MR) is 46.0 cm³/mol. The summed E-state index contributed by atoms with van der Waals surface area (Å²) in [7, 11) is 0. The van der Waals surface area contributed by atoms with Gasteiger partial charge >= 0.3 is 0 Å². The third-order valence-electron chi connectivity index (χ3n) is 0.854. The Kier molecular flexibility index (Phi) is 5.12. The van der Waals surface area contributed by atoms with Crippen LogP contribution in [0.3, 0.4) is 0 Å². The summed E-state index contributed by atoms with van der Waals surface area (Å²) in [4.78, 5) is 10.2. The Morgan fingerprint density at radius 3 is 2.60 bits per heavy atom. The van der Waals surface area contributed by atoms with Crippen LogP contribution in [0.1, 0.15) is 13.8 Å². The van der Waals surface area contributed by atoms with Gasteiger partial charge in [0, 0.05) is 5.75 Å². The molecule has 2 nitrogen and oxygen atoms in total. The quantitative estimate of drug-likeness (QED) is 0.494. The first-order valence-corrected chi connectivity index (χ1v) is 4.28. The molecular weight excluding hydrogens is 146 g/mol. The van der Waals surface area contributed by atoms with E-state index in [1.165, 1.54) is 17.3 Å². The van der Waals surface area contributed by atoms with Crippen LogP contribution in [0.25, 0.3) is 0 Å². The van der Waals surface area contributed by atoms with Crippen molar-refractivity contribution in [3.05, 3.63) is 11.6 Å². The Morgan fingerprint density at radius 1 is 1.60 bits per heavy atom. The topological polar surface area (TPSA) is 43.1 Å². The van der Waals surface area contributed by atoms with Gasteiger partial charge in [-0.25, -0.2) is 0 Å². The number of hydrogen-bond acceptors (Lipinski definition) is 2. The molecule has 0 radical (unpaired) electrons. The number of rotatable bonds is 4. The van der Waals surface area contributed by atoms with Crippen molar-refractivity contribution in [3.63, 3.8) is 0 Å². The van der Waals surface area contributed by atoms with Gasteiger partial charge in [-0.15, -0.1) is 11.8 Å². The van der Waals surface area contributed by atoms with Crippen LogP contribution in [0.2, 0.25) is 0 Å². The van der Waals surface area contributed by atoms with Crippen LogP contribution in [0.5, 0.6) is 0 Å². The number of thioether (sulfide) groups is 1. The van der Waals surface area contributed by atoms with E-state index in [4.69, 9.17) is 5.73 Å². The fourth-order valence-electron chi connectivity index (χ4n) is 0.385. The largest absolute Gasteiger partial charge is 0.369 e. The standard InChI is InChI=1S/C7H13NOS/c1-6(2)3-4-10-5-7(8)9/h3H,4-5H2,1-2H3,(H2,8,9). The lowest BCUT2D eigenvalue weighted by atomic mass is 10.3. The minimum Gasteiger partial charge on any atom is -0.369 e. The Hall–Kier alpha value is -0.440. The molecule has 0 heterocycles. The number of primary amides is 1. The van der Waals surface area contributed by atoms with Crippen LogP contribution in [0, 0.1) is 0 Å². The molecule has 0 atom stereocenters. The van der Waals surface area contributed by atoms with E-state index in [9.17, 15) is 4.79 Å². The maximum Gasteiger partial charge on any atom is 0.227 e. The molecule has 2 N–H and O–H groups in total. The number of amides is 1. The number of nitrogens with two attached hydrogens (primary N) is 1. The fraction of sp³-hybridized carbons (Fsp3) is 0.571. The van der Waals surface area contributed by atoms with Crippen LogP contribution in [0.4, 0.5) is 0 Å². The molecule has 0 aromatic heterocycles. The summed E-state index contributed by atoms with van der Waals surface area (Å²) in [6.45, 7) is 4.07. The molecule has 0 aromatic carbocycles. The Morgan fingerprint density at radius 2 is 2.20 bits per heavy atom. The van der Waals surface area contributed by atoms with E-state index in [0.717, 1.165) is 5.75 Å². The molecule has 10 heavy (non-hydrogen) atoms. The molecular formula is C7H13NOS. The molecule has 0 unspecified atom stereocenters. The first-order chi connectivity index (χ1) is 4.63. The van der Waals surface area contributed by atoms with Gasteiger partial charge in [0.15, 0.2) is 0 Å². The van der Waals surface area contributed by atoms with Crippen LogP contribution < -0.4 is 5.73 Å². The molecule has 0 saturated heterocycles. The van der Waals surface area contributed by atoms with Crippen LogP contribution in [0.15, 0.2) is 11.6 Å². The first-order valence-electron chi connectivity index (χ1n) is 3.12. The molecule has 0 aliphatic carbocycles. The average molecular weight is 159 g/mol. The van der Waals surface area contributed by atoms with Gasteiger partial charge in [-0.2, -0.15) is 0 Å². The summed E-state index contributed by atoms with van der Waals surface area (Å²) in [6.07, 6.45) is 2.08. The number of allylic oxidation sites excluding steroid dienone is 1. The molecule has 0 spiro atoms. The number of carbonyl (C=O) groups excluding carboxylic acids is 1. The molecule has 0 aliphatic rings. The third kappa shape index (κ3) is 7.56. The second-order valence-electron chi connectivity index (χ2n) is 2.26. The maximum absolute atomic E-state index is 10.2.